The zero-order chi connectivity index (χ0) is 24.2. The molecule has 1 fully saturated rings. The van der Waals surface area contributed by atoms with Gasteiger partial charge in [-0.2, -0.15) is 0 Å². The third-order valence-corrected chi connectivity index (χ3v) is 7.42. The predicted molar refractivity (Wildman–Crippen MR) is 144 cm³/mol. The number of piperidine rings is 1. The van der Waals surface area contributed by atoms with E-state index in [1.165, 1.54) is 22.0 Å². The number of rotatable bonds is 7. The second-order valence-electron chi connectivity index (χ2n) is 9.62. The Kier molecular flexibility index (Phi) is 7.21. The molecule has 0 saturated carbocycles. The Hall–Kier alpha value is -3.08. The normalized spacial score (nSPS) is 15.8. The van der Waals surface area contributed by atoms with Crippen LogP contribution in [0.15, 0.2) is 85.1 Å². The summed E-state index contributed by atoms with van der Waals surface area (Å²) in [4.78, 5) is 15.8. The van der Waals surface area contributed by atoms with Crippen LogP contribution >= 0.6 is 11.6 Å². The van der Waals surface area contributed by atoms with Crippen LogP contribution in [0.4, 0.5) is 0 Å². The number of nitrogens with zero attached hydrogens (tertiary/aromatic N) is 2. The zero-order valence-electron chi connectivity index (χ0n) is 20.2. The van der Waals surface area contributed by atoms with Crippen molar-refractivity contribution in [2.75, 3.05) is 13.1 Å². The number of aromatic nitrogens is 1. The summed E-state index contributed by atoms with van der Waals surface area (Å²) in [5.41, 5.74) is 4.81. The molecule has 1 unspecified atom stereocenters. The highest BCUT2D eigenvalue weighted by Gasteiger charge is 2.25. The first-order chi connectivity index (χ1) is 17.1. The first-order valence-corrected chi connectivity index (χ1v) is 12.8. The lowest BCUT2D eigenvalue weighted by Crippen LogP contribution is -2.44. The molecule has 0 spiro atoms. The molecule has 4 nitrogen and oxygen atoms in total. The summed E-state index contributed by atoms with van der Waals surface area (Å²) in [7, 11) is 2.06. The van der Waals surface area contributed by atoms with Crippen LogP contribution in [0, 0.1) is 0 Å². The number of amides is 1. The van der Waals surface area contributed by atoms with Crippen LogP contribution in [0.5, 0.6) is 0 Å². The van der Waals surface area contributed by atoms with Gasteiger partial charge in [-0.15, -0.1) is 0 Å². The van der Waals surface area contributed by atoms with Gasteiger partial charge in [0.25, 0.3) is 0 Å². The number of likely N-dealkylation sites (tertiary alicyclic amines) is 1. The van der Waals surface area contributed by atoms with Gasteiger partial charge in [0.1, 0.15) is 0 Å². The van der Waals surface area contributed by atoms with Gasteiger partial charge in [0.05, 0.1) is 0 Å². The van der Waals surface area contributed by atoms with Crippen molar-refractivity contribution >= 4 is 28.4 Å². The molecule has 1 aromatic heterocycles. The van der Waals surface area contributed by atoms with Crippen LogP contribution < -0.4 is 5.32 Å². The number of nitrogens with one attached hydrogen (secondary N) is 1. The predicted octanol–water partition coefficient (Wildman–Crippen LogP) is 6.13. The first-order valence-electron chi connectivity index (χ1n) is 12.4. The van der Waals surface area contributed by atoms with Crippen LogP contribution in [-0.2, 0) is 18.4 Å². The van der Waals surface area contributed by atoms with Crippen LogP contribution in [0.1, 0.15) is 41.9 Å². The summed E-state index contributed by atoms with van der Waals surface area (Å²) in [6, 6.07) is 27.1. The van der Waals surface area contributed by atoms with Gasteiger partial charge in [0, 0.05) is 67.2 Å². The lowest BCUT2D eigenvalue weighted by molar-refractivity contribution is -0.122. The van der Waals surface area contributed by atoms with E-state index >= 15 is 0 Å². The summed E-state index contributed by atoms with van der Waals surface area (Å²) in [5, 5.41) is 5.24. The number of aryl methyl sites for hydroxylation is 1. The van der Waals surface area contributed by atoms with Crippen molar-refractivity contribution < 1.29 is 4.79 Å². The topological polar surface area (TPSA) is 37.3 Å². The number of hydrogen-bond acceptors (Lipinski definition) is 2. The summed E-state index contributed by atoms with van der Waals surface area (Å²) >= 11 is 6.17. The third kappa shape index (κ3) is 5.61. The van der Waals surface area contributed by atoms with Crippen LogP contribution in [-0.4, -0.2) is 34.5 Å². The first kappa shape index (κ1) is 23.7. The lowest BCUT2D eigenvalue weighted by Gasteiger charge is -2.32. The standard InChI is InChI=1S/C30H32ClN3O/c1-33-21-28(26-9-5-6-10-29(26)33)27(23-11-13-24(31)14-12-23)19-30(35)32-25-15-17-34(18-16-25)20-22-7-3-2-4-8-22/h2-14,21,25,27H,15-20H2,1H3,(H,32,35). The number of fused-ring (bicyclic) bond motifs is 1. The van der Waals surface area contributed by atoms with Crippen LogP contribution in [0.25, 0.3) is 10.9 Å². The molecule has 1 amide bonds. The average molecular weight is 486 g/mol. The van der Waals surface area contributed by atoms with Gasteiger partial charge in [-0.05, 0) is 47.7 Å². The molecule has 5 heteroatoms. The molecule has 0 radical (unpaired) electrons. The zero-order valence-corrected chi connectivity index (χ0v) is 20.9. The SMILES string of the molecule is Cn1cc(C(CC(=O)NC2CCN(Cc3ccccc3)CC2)c2ccc(Cl)cc2)c2ccccc21. The van der Waals surface area contributed by atoms with Gasteiger partial charge in [0.2, 0.25) is 5.91 Å². The molecule has 35 heavy (non-hydrogen) atoms. The van der Waals surface area contributed by atoms with Gasteiger partial charge in [0.15, 0.2) is 0 Å². The molecule has 5 rings (SSSR count). The molecule has 4 aromatic rings. The fourth-order valence-corrected chi connectivity index (χ4v) is 5.43. The maximum absolute atomic E-state index is 13.3. The summed E-state index contributed by atoms with van der Waals surface area (Å²) < 4.78 is 2.15. The highest BCUT2D eigenvalue weighted by molar-refractivity contribution is 6.30. The number of para-hydroxylation sites is 1. The van der Waals surface area contributed by atoms with E-state index < -0.39 is 0 Å². The Bertz CT molecular complexity index is 1270. The van der Waals surface area contributed by atoms with Crippen molar-refractivity contribution in [3.05, 3.63) is 107 Å². The van der Waals surface area contributed by atoms with Crippen molar-refractivity contribution in [3.63, 3.8) is 0 Å². The quantitative estimate of drug-likeness (QED) is 0.341. The van der Waals surface area contributed by atoms with E-state index in [2.05, 4.69) is 82.6 Å². The van der Waals surface area contributed by atoms with Gasteiger partial charge in [-0.25, -0.2) is 0 Å². The van der Waals surface area contributed by atoms with Gasteiger partial charge >= 0.3 is 0 Å². The number of carbonyl (C=O) groups excluding carboxylic acids is 1. The molecule has 0 aliphatic carbocycles. The molecule has 1 N–H and O–H groups in total. The van der Waals surface area contributed by atoms with Crippen LogP contribution in [0.3, 0.4) is 0 Å². The molecule has 2 heterocycles. The molecule has 0 bridgehead atoms. The molecule has 1 aliphatic heterocycles. The monoisotopic (exact) mass is 485 g/mol. The molecule has 1 saturated heterocycles. The fraction of sp³-hybridized carbons (Fsp3) is 0.300. The Labute approximate surface area is 212 Å². The number of carbonyl (C=O) groups is 1. The molecule has 1 atom stereocenters. The van der Waals surface area contributed by atoms with E-state index in [1.54, 1.807) is 0 Å². The number of halogens is 1. The smallest absolute Gasteiger partial charge is 0.221 e. The van der Waals surface area contributed by atoms with E-state index in [0.29, 0.717) is 11.4 Å². The van der Waals surface area contributed by atoms with E-state index in [1.807, 2.05) is 24.3 Å². The summed E-state index contributed by atoms with van der Waals surface area (Å²) in [5.74, 6) is 0.0796. The largest absolute Gasteiger partial charge is 0.353 e. The Balaban J connectivity index is 1.27. The van der Waals surface area contributed by atoms with Crippen molar-refractivity contribution in [2.45, 2.75) is 37.8 Å². The van der Waals surface area contributed by atoms with Gasteiger partial charge in [-0.1, -0.05) is 72.3 Å². The van der Waals surface area contributed by atoms with Crippen molar-refractivity contribution in [1.29, 1.82) is 0 Å². The Morgan fingerprint density at radius 2 is 1.66 bits per heavy atom. The second-order valence-corrected chi connectivity index (χ2v) is 10.1. The van der Waals surface area contributed by atoms with Crippen LogP contribution in [0.2, 0.25) is 5.02 Å². The van der Waals surface area contributed by atoms with E-state index in [-0.39, 0.29) is 17.9 Å². The molecule has 1 aliphatic rings. The number of hydrogen-bond donors (Lipinski definition) is 1. The van der Waals surface area contributed by atoms with E-state index in [4.69, 9.17) is 11.6 Å². The minimum absolute atomic E-state index is 0.0310. The number of benzene rings is 3. The lowest BCUT2D eigenvalue weighted by atomic mass is 9.88. The fourth-order valence-electron chi connectivity index (χ4n) is 5.30. The maximum atomic E-state index is 13.3. The Morgan fingerprint density at radius 3 is 2.40 bits per heavy atom. The van der Waals surface area contributed by atoms with Crippen molar-refractivity contribution in [2.24, 2.45) is 7.05 Å². The van der Waals surface area contributed by atoms with Crippen molar-refractivity contribution in [3.8, 4) is 0 Å². The summed E-state index contributed by atoms with van der Waals surface area (Å²) in [6.07, 6.45) is 4.55. The van der Waals surface area contributed by atoms with E-state index in [9.17, 15) is 4.79 Å². The highest BCUT2D eigenvalue weighted by atomic mass is 35.5. The minimum Gasteiger partial charge on any atom is -0.353 e. The molecule has 180 valence electrons. The molecule has 3 aromatic carbocycles. The van der Waals surface area contributed by atoms with Crippen molar-refractivity contribution in [1.82, 2.24) is 14.8 Å². The highest BCUT2D eigenvalue weighted by Crippen LogP contribution is 2.35. The summed E-state index contributed by atoms with van der Waals surface area (Å²) in [6.45, 7) is 2.98. The second kappa shape index (κ2) is 10.7. The van der Waals surface area contributed by atoms with E-state index in [0.717, 1.165) is 38.0 Å². The molecular weight excluding hydrogens is 454 g/mol. The Morgan fingerprint density at radius 1 is 0.971 bits per heavy atom. The van der Waals surface area contributed by atoms with Gasteiger partial charge < -0.3 is 9.88 Å². The average Bonchev–Trinajstić information content (AvgIpc) is 3.21. The minimum atomic E-state index is -0.0310. The van der Waals surface area contributed by atoms with Gasteiger partial charge in [-0.3, -0.25) is 9.69 Å². The molecular formula is C30H32ClN3O. The maximum Gasteiger partial charge on any atom is 0.221 e. The third-order valence-electron chi connectivity index (χ3n) is 7.17.